The summed E-state index contributed by atoms with van der Waals surface area (Å²) in [6, 6.07) is 4.71. The van der Waals surface area contributed by atoms with Crippen molar-refractivity contribution < 1.29 is 45.1 Å². The number of alkyl halides is 6. The molecule has 1 heterocycles. The number of nitrogens with zero attached hydrogens (tertiary/aromatic N) is 3. The lowest BCUT2D eigenvalue weighted by Crippen LogP contribution is -2.48. The zero-order chi connectivity index (χ0) is 31.9. The standard InChI is InChI=1S/C29H31F7N4O3/c1-38(22-12-19(28(31,32)33)11-20(13-22)29(34,35)36)27(43)39(2)24-15-40(14-23(24)16-7-9-21(30)10-8-16)26(42)18-5-3-17(4-6-18)25(37)41/h7-13,17-18,23-24H,3-6,14-15H2,1-2H3,(H2,37,41)/t17?,18?,23-,24+/m0/s1. The summed E-state index contributed by atoms with van der Waals surface area (Å²) in [5.74, 6) is -2.34. The van der Waals surface area contributed by atoms with E-state index in [-0.39, 0.29) is 36.9 Å². The van der Waals surface area contributed by atoms with Gasteiger partial charge in [0.1, 0.15) is 5.82 Å². The number of benzene rings is 2. The largest absolute Gasteiger partial charge is 0.416 e. The molecule has 43 heavy (non-hydrogen) atoms. The molecule has 7 nitrogen and oxygen atoms in total. The molecule has 0 unspecified atom stereocenters. The van der Waals surface area contributed by atoms with Crippen LogP contribution in [0.2, 0.25) is 0 Å². The van der Waals surface area contributed by atoms with Gasteiger partial charge in [-0.05, 0) is 61.6 Å². The van der Waals surface area contributed by atoms with Crippen molar-refractivity contribution in [3.8, 4) is 0 Å². The van der Waals surface area contributed by atoms with Crippen LogP contribution in [-0.2, 0) is 21.9 Å². The Morgan fingerprint density at radius 1 is 0.814 bits per heavy atom. The van der Waals surface area contributed by atoms with Crippen molar-refractivity contribution in [1.82, 2.24) is 9.80 Å². The molecule has 1 saturated carbocycles. The first kappa shape index (κ1) is 32.1. The Labute approximate surface area is 243 Å². The summed E-state index contributed by atoms with van der Waals surface area (Å²) in [6.07, 6.45) is -8.37. The molecule has 2 aliphatic rings. The molecule has 2 aromatic rings. The first-order valence-electron chi connectivity index (χ1n) is 13.6. The zero-order valence-electron chi connectivity index (χ0n) is 23.4. The van der Waals surface area contributed by atoms with Gasteiger partial charge in [-0.15, -0.1) is 0 Å². The van der Waals surface area contributed by atoms with Crippen molar-refractivity contribution in [3.05, 3.63) is 65.0 Å². The highest BCUT2D eigenvalue weighted by atomic mass is 19.4. The van der Waals surface area contributed by atoms with Crippen LogP contribution in [0.1, 0.15) is 48.3 Å². The second kappa shape index (κ2) is 12.0. The molecule has 234 valence electrons. The number of hydrogen-bond acceptors (Lipinski definition) is 3. The van der Waals surface area contributed by atoms with Gasteiger partial charge in [-0.25, -0.2) is 9.18 Å². The number of anilines is 1. The lowest BCUT2D eigenvalue weighted by atomic mass is 9.81. The second-order valence-corrected chi connectivity index (χ2v) is 11.1. The molecule has 0 aromatic heterocycles. The summed E-state index contributed by atoms with van der Waals surface area (Å²) >= 11 is 0. The van der Waals surface area contributed by atoms with Gasteiger partial charge in [0.2, 0.25) is 11.8 Å². The summed E-state index contributed by atoms with van der Waals surface area (Å²) in [5.41, 5.74) is 2.25. The van der Waals surface area contributed by atoms with Crippen molar-refractivity contribution in [2.45, 2.75) is 50.0 Å². The van der Waals surface area contributed by atoms with Gasteiger partial charge in [0, 0.05) is 50.6 Å². The Balaban J connectivity index is 1.61. The summed E-state index contributed by atoms with van der Waals surface area (Å²) in [6.45, 7) is 0.178. The van der Waals surface area contributed by atoms with Crippen LogP contribution in [0.25, 0.3) is 0 Å². The molecule has 1 aliphatic carbocycles. The maximum absolute atomic E-state index is 13.7. The van der Waals surface area contributed by atoms with Crippen LogP contribution in [0, 0.1) is 17.7 Å². The van der Waals surface area contributed by atoms with E-state index in [4.69, 9.17) is 5.73 Å². The first-order chi connectivity index (χ1) is 20.0. The normalized spacial score (nSPS) is 22.8. The molecule has 4 rings (SSSR count). The minimum absolute atomic E-state index is 0.0204. The smallest absolute Gasteiger partial charge is 0.369 e. The molecule has 0 radical (unpaired) electrons. The number of nitrogens with two attached hydrogens (primary N) is 1. The molecular weight excluding hydrogens is 585 g/mol. The molecule has 1 aliphatic heterocycles. The molecule has 2 atom stereocenters. The summed E-state index contributed by atoms with van der Waals surface area (Å²) in [4.78, 5) is 42.0. The fraction of sp³-hybridized carbons (Fsp3) is 0.483. The number of urea groups is 1. The number of primary amides is 1. The van der Waals surface area contributed by atoms with Gasteiger partial charge in [-0.3, -0.25) is 14.5 Å². The minimum Gasteiger partial charge on any atom is -0.369 e. The fourth-order valence-corrected chi connectivity index (χ4v) is 5.90. The third-order valence-electron chi connectivity index (χ3n) is 8.42. The summed E-state index contributed by atoms with van der Waals surface area (Å²) in [7, 11) is 2.42. The molecule has 14 heteroatoms. The van der Waals surface area contributed by atoms with E-state index in [1.54, 1.807) is 4.90 Å². The number of likely N-dealkylation sites (N-methyl/N-ethyl adjacent to an activating group) is 1. The van der Waals surface area contributed by atoms with Gasteiger partial charge in [-0.1, -0.05) is 12.1 Å². The van der Waals surface area contributed by atoms with Crippen LogP contribution in [0.5, 0.6) is 0 Å². The number of amides is 4. The van der Waals surface area contributed by atoms with Crippen molar-refractivity contribution >= 4 is 23.5 Å². The number of rotatable bonds is 5. The van der Waals surface area contributed by atoms with Gasteiger partial charge in [-0.2, -0.15) is 26.3 Å². The predicted octanol–water partition coefficient (Wildman–Crippen LogP) is 5.64. The minimum atomic E-state index is -5.09. The SMILES string of the molecule is CN(C(=O)N(C)[C@@H]1CN(C(=O)C2CCC(C(N)=O)CC2)C[C@H]1c1ccc(F)cc1)c1cc(C(F)(F)F)cc(C(F)(F)F)c1. The number of likely N-dealkylation sites (tertiary alicyclic amines) is 1. The van der Waals surface area contributed by atoms with Gasteiger partial charge in [0.25, 0.3) is 0 Å². The maximum atomic E-state index is 13.7. The van der Waals surface area contributed by atoms with Gasteiger partial charge in [0.15, 0.2) is 0 Å². The Morgan fingerprint density at radius 2 is 1.33 bits per heavy atom. The van der Waals surface area contributed by atoms with Crippen molar-refractivity contribution in [3.63, 3.8) is 0 Å². The third kappa shape index (κ3) is 7.04. The van der Waals surface area contributed by atoms with Crippen LogP contribution in [-0.4, -0.2) is 60.9 Å². The van der Waals surface area contributed by atoms with Gasteiger partial charge >= 0.3 is 18.4 Å². The molecular formula is C29H31F7N4O3. The van der Waals surface area contributed by atoms with Crippen LogP contribution < -0.4 is 10.6 Å². The van der Waals surface area contributed by atoms with Crippen LogP contribution in [0.4, 0.5) is 41.2 Å². The number of halogens is 7. The van der Waals surface area contributed by atoms with Crippen molar-refractivity contribution in [1.29, 1.82) is 0 Å². The fourth-order valence-electron chi connectivity index (χ4n) is 5.90. The average Bonchev–Trinajstić information content (AvgIpc) is 3.40. The molecule has 2 N–H and O–H groups in total. The molecule has 0 spiro atoms. The molecule has 4 amide bonds. The first-order valence-corrected chi connectivity index (χ1v) is 13.6. The lowest BCUT2D eigenvalue weighted by molar-refractivity contribution is -0.143. The Hall–Kier alpha value is -3.84. The molecule has 2 fully saturated rings. The Kier molecular flexibility index (Phi) is 8.98. The summed E-state index contributed by atoms with van der Waals surface area (Å²) < 4.78 is 94.3. The topological polar surface area (TPSA) is 87.0 Å². The van der Waals surface area contributed by atoms with Crippen LogP contribution >= 0.6 is 0 Å². The van der Waals surface area contributed by atoms with E-state index in [2.05, 4.69) is 0 Å². The predicted molar refractivity (Wildman–Crippen MR) is 142 cm³/mol. The van der Waals surface area contributed by atoms with Crippen LogP contribution in [0.3, 0.4) is 0 Å². The third-order valence-corrected chi connectivity index (χ3v) is 8.42. The lowest BCUT2D eigenvalue weighted by Gasteiger charge is -2.33. The maximum Gasteiger partial charge on any atom is 0.416 e. The highest BCUT2D eigenvalue weighted by molar-refractivity contribution is 5.92. The van der Waals surface area contributed by atoms with E-state index < -0.39 is 58.9 Å². The quantitative estimate of drug-likeness (QED) is 0.442. The van der Waals surface area contributed by atoms with E-state index in [1.807, 2.05) is 0 Å². The number of carbonyl (C=O) groups is 3. The van der Waals surface area contributed by atoms with E-state index in [1.165, 1.54) is 36.2 Å². The van der Waals surface area contributed by atoms with E-state index in [0.29, 0.717) is 48.3 Å². The van der Waals surface area contributed by atoms with Crippen molar-refractivity contribution in [2.24, 2.45) is 17.6 Å². The second-order valence-electron chi connectivity index (χ2n) is 11.1. The van der Waals surface area contributed by atoms with Crippen molar-refractivity contribution in [2.75, 3.05) is 32.1 Å². The van der Waals surface area contributed by atoms with E-state index >= 15 is 0 Å². The summed E-state index contributed by atoms with van der Waals surface area (Å²) in [5, 5.41) is 0. The Bertz CT molecular complexity index is 1320. The molecule has 1 saturated heterocycles. The highest BCUT2D eigenvalue weighted by Crippen LogP contribution is 2.39. The highest BCUT2D eigenvalue weighted by Gasteiger charge is 2.43. The van der Waals surface area contributed by atoms with Crippen LogP contribution in [0.15, 0.2) is 42.5 Å². The van der Waals surface area contributed by atoms with E-state index in [9.17, 15) is 45.1 Å². The van der Waals surface area contributed by atoms with Gasteiger partial charge in [0.05, 0.1) is 17.2 Å². The number of hydrogen-bond donors (Lipinski definition) is 1. The Morgan fingerprint density at radius 3 is 1.81 bits per heavy atom. The zero-order valence-corrected chi connectivity index (χ0v) is 23.4. The average molecular weight is 617 g/mol. The van der Waals surface area contributed by atoms with Gasteiger partial charge < -0.3 is 15.5 Å². The number of carbonyl (C=O) groups excluding carboxylic acids is 3. The molecule has 0 bridgehead atoms. The molecule has 2 aromatic carbocycles. The van der Waals surface area contributed by atoms with E-state index in [0.717, 1.165) is 7.05 Å². The monoisotopic (exact) mass is 616 g/mol.